The third kappa shape index (κ3) is 2.16. The molecule has 4 heteroatoms. The van der Waals surface area contributed by atoms with Gasteiger partial charge in [-0.15, -0.1) is 0 Å². The maximum Gasteiger partial charge on any atom is 0.161 e. The maximum atomic E-state index is 12.5. The number of hydrogen-bond acceptors (Lipinski definition) is 4. The molecule has 1 unspecified atom stereocenters. The van der Waals surface area contributed by atoms with Crippen LogP contribution in [0.5, 0.6) is 0 Å². The molecule has 31 heavy (non-hydrogen) atoms. The minimum atomic E-state index is -1.04. The number of fused-ring (bicyclic) bond motifs is 6. The van der Waals surface area contributed by atoms with Crippen LogP contribution in [0.1, 0.15) is 73.1 Å². The summed E-state index contributed by atoms with van der Waals surface area (Å²) in [5.41, 5.74) is 2.12. The molecule has 4 fully saturated rings. The van der Waals surface area contributed by atoms with E-state index in [0.717, 1.165) is 32.1 Å². The first-order chi connectivity index (χ1) is 14.5. The Hall–Kier alpha value is -0.970. The zero-order valence-electron chi connectivity index (χ0n) is 19.6. The number of Topliss-reactive ketones (excluding diaryl/α,β-unsaturated/α-hetero) is 1. The summed E-state index contributed by atoms with van der Waals surface area (Å²) >= 11 is 0. The number of carbonyl (C=O) groups excluding carboxylic acids is 1. The van der Waals surface area contributed by atoms with Gasteiger partial charge in [-0.1, -0.05) is 46.8 Å². The fourth-order valence-corrected chi connectivity index (χ4v) is 9.74. The van der Waals surface area contributed by atoms with E-state index in [-0.39, 0.29) is 40.0 Å². The van der Waals surface area contributed by atoms with Crippen molar-refractivity contribution in [1.82, 2.24) is 0 Å². The Morgan fingerprint density at radius 2 is 1.87 bits per heavy atom. The molecule has 2 bridgehead atoms. The monoisotopic (exact) mass is 426 g/mol. The lowest BCUT2D eigenvalue weighted by Gasteiger charge is -2.52. The summed E-state index contributed by atoms with van der Waals surface area (Å²) in [5.74, 6) is 0.356. The average Bonchev–Trinajstić information content (AvgIpc) is 3.20. The van der Waals surface area contributed by atoms with Crippen LogP contribution in [0.2, 0.25) is 0 Å². The number of aliphatic hydroxyl groups excluding tert-OH is 2. The molecule has 6 aliphatic rings. The zero-order valence-corrected chi connectivity index (χ0v) is 19.6. The summed E-state index contributed by atoms with van der Waals surface area (Å²) in [5, 5.41) is 22.7. The van der Waals surface area contributed by atoms with E-state index < -0.39 is 17.6 Å². The van der Waals surface area contributed by atoms with Crippen molar-refractivity contribution in [3.8, 4) is 0 Å². The second kappa shape index (κ2) is 5.93. The van der Waals surface area contributed by atoms with Gasteiger partial charge in [-0.05, 0) is 65.4 Å². The first-order valence-corrected chi connectivity index (χ1v) is 12.4. The lowest BCUT2D eigenvalue weighted by Crippen LogP contribution is -2.48. The van der Waals surface area contributed by atoms with E-state index in [0.29, 0.717) is 18.4 Å². The molecular weight excluding hydrogens is 388 g/mol. The zero-order chi connectivity index (χ0) is 22.1. The molecule has 0 aromatic carbocycles. The molecule has 2 aliphatic heterocycles. The van der Waals surface area contributed by atoms with E-state index in [9.17, 15) is 15.0 Å². The predicted octanol–water partition coefficient (Wildman–Crippen LogP) is 4.20. The van der Waals surface area contributed by atoms with Crippen LogP contribution in [0.25, 0.3) is 0 Å². The summed E-state index contributed by atoms with van der Waals surface area (Å²) in [6, 6.07) is 0. The van der Waals surface area contributed by atoms with Gasteiger partial charge < -0.3 is 14.9 Å². The van der Waals surface area contributed by atoms with Crippen LogP contribution in [0.3, 0.4) is 0 Å². The van der Waals surface area contributed by atoms with E-state index in [1.54, 1.807) is 0 Å². The number of rotatable bonds is 0. The summed E-state index contributed by atoms with van der Waals surface area (Å²) in [6.45, 7) is 11.4. The molecule has 6 rings (SSSR count). The van der Waals surface area contributed by atoms with Crippen molar-refractivity contribution in [1.29, 1.82) is 0 Å². The highest BCUT2D eigenvalue weighted by Gasteiger charge is 2.71. The van der Waals surface area contributed by atoms with Crippen LogP contribution in [0.4, 0.5) is 0 Å². The van der Waals surface area contributed by atoms with Crippen molar-refractivity contribution in [2.75, 3.05) is 0 Å². The van der Waals surface area contributed by atoms with Crippen molar-refractivity contribution in [3.63, 3.8) is 0 Å². The van der Waals surface area contributed by atoms with E-state index in [1.165, 1.54) is 11.1 Å². The van der Waals surface area contributed by atoms with Crippen molar-refractivity contribution in [2.24, 2.45) is 39.9 Å². The van der Waals surface area contributed by atoms with Crippen LogP contribution in [-0.2, 0) is 9.53 Å². The topological polar surface area (TPSA) is 66.8 Å². The molecule has 0 aromatic rings. The molecule has 0 amide bonds. The summed E-state index contributed by atoms with van der Waals surface area (Å²) in [7, 11) is 0. The standard InChI is InChI=1S/C27H38O4/c1-14-12-17(28)22(29)20-21(14)25(4)10-8-15-13-27-11-9-19(31-27)24(2,3)18(27)7-6-16(15)26(25,5)23(20)30/h6,8,14,18-23,29-30H,7,9-13H2,1-5H3/t14-,18+,19+,20?,21+,22+,23+,25-,26-,27-/m1/s1. The molecule has 2 saturated heterocycles. The third-order valence-electron chi connectivity index (χ3n) is 11.4. The smallest absolute Gasteiger partial charge is 0.161 e. The minimum absolute atomic E-state index is 0.0680. The highest BCUT2D eigenvalue weighted by molar-refractivity contribution is 5.84. The quantitative estimate of drug-likeness (QED) is 0.609. The number of allylic oxidation sites excluding steroid dienone is 2. The Balaban J connectivity index is 1.48. The van der Waals surface area contributed by atoms with Gasteiger partial charge in [0.25, 0.3) is 0 Å². The lowest BCUT2D eigenvalue weighted by atomic mass is 9.52. The Bertz CT molecular complexity index is 916. The molecule has 170 valence electrons. The van der Waals surface area contributed by atoms with Crippen molar-refractivity contribution < 1.29 is 19.7 Å². The van der Waals surface area contributed by atoms with E-state index in [4.69, 9.17) is 4.74 Å². The molecule has 2 N–H and O–H groups in total. The Labute approximate surface area is 186 Å². The summed E-state index contributed by atoms with van der Waals surface area (Å²) in [6.07, 6.45) is 8.99. The van der Waals surface area contributed by atoms with E-state index in [1.807, 2.05) is 0 Å². The highest BCUT2D eigenvalue weighted by Crippen LogP contribution is 2.72. The predicted molar refractivity (Wildman–Crippen MR) is 118 cm³/mol. The van der Waals surface area contributed by atoms with Crippen molar-refractivity contribution in [3.05, 3.63) is 23.3 Å². The number of ketones is 1. The first kappa shape index (κ1) is 20.6. The van der Waals surface area contributed by atoms with Gasteiger partial charge >= 0.3 is 0 Å². The molecule has 10 atom stereocenters. The maximum absolute atomic E-state index is 12.5. The van der Waals surface area contributed by atoms with Gasteiger partial charge in [0.15, 0.2) is 5.78 Å². The van der Waals surface area contributed by atoms with E-state index in [2.05, 4.69) is 46.8 Å². The molecule has 2 heterocycles. The Morgan fingerprint density at radius 3 is 2.61 bits per heavy atom. The van der Waals surface area contributed by atoms with E-state index >= 15 is 0 Å². The van der Waals surface area contributed by atoms with Gasteiger partial charge in [0.1, 0.15) is 6.10 Å². The van der Waals surface area contributed by atoms with Gasteiger partial charge in [0.2, 0.25) is 0 Å². The Kier molecular flexibility index (Phi) is 3.94. The SMILES string of the molecule is C[C@@H]1CC(=O)[C@H](O)C2[C@H]1[C@@]1(C)CC=C3C[C@@]45CC[C@H](O4)C(C)(C)[C@@H]5CC=C3[C@]1(C)[C@H]2O. The fraction of sp³-hybridized carbons (Fsp3) is 0.815. The van der Waals surface area contributed by atoms with Gasteiger partial charge in [0.05, 0.1) is 17.8 Å². The van der Waals surface area contributed by atoms with Crippen LogP contribution < -0.4 is 0 Å². The Morgan fingerprint density at radius 1 is 1.13 bits per heavy atom. The number of ether oxygens (including phenoxy) is 1. The average molecular weight is 427 g/mol. The second-order valence-corrected chi connectivity index (χ2v) is 12.8. The third-order valence-corrected chi connectivity index (χ3v) is 11.4. The highest BCUT2D eigenvalue weighted by atomic mass is 16.5. The molecule has 4 aliphatic carbocycles. The van der Waals surface area contributed by atoms with Crippen molar-refractivity contribution in [2.45, 2.75) is 97.1 Å². The van der Waals surface area contributed by atoms with Crippen LogP contribution in [0, 0.1) is 39.9 Å². The number of carbonyl (C=O) groups is 1. The summed E-state index contributed by atoms with van der Waals surface area (Å²) in [4.78, 5) is 12.5. The number of aliphatic hydroxyl groups is 2. The first-order valence-electron chi connectivity index (χ1n) is 12.4. The molecular formula is C27H38O4. The summed E-state index contributed by atoms with van der Waals surface area (Å²) < 4.78 is 6.73. The normalized spacial score (nSPS) is 56.7. The van der Waals surface area contributed by atoms with Gasteiger partial charge in [0, 0.05) is 24.2 Å². The molecule has 1 spiro atoms. The largest absolute Gasteiger partial charge is 0.392 e. The van der Waals surface area contributed by atoms with Crippen LogP contribution in [-0.4, -0.2) is 39.9 Å². The molecule has 4 nitrogen and oxygen atoms in total. The van der Waals surface area contributed by atoms with Crippen LogP contribution >= 0.6 is 0 Å². The molecule has 0 aromatic heterocycles. The van der Waals surface area contributed by atoms with Gasteiger partial charge in [-0.25, -0.2) is 0 Å². The lowest BCUT2D eigenvalue weighted by molar-refractivity contribution is -0.142. The van der Waals surface area contributed by atoms with Gasteiger partial charge in [-0.3, -0.25) is 4.79 Å². The molecule has 0 radical (unpaired) electrons. The number of hydrogen-bond donors (Lipinski definition) is 2. The van der Waals surface area contributed by atoms with Gasteiger partial charge in [-0.2, -0.15) is 0 Å². The second-order valence-electron chi connectivity index (χ2n) is 12.8. The fourth-order valence-electron chi connectivity index (χ4n) is 9.74. The van der Waals surface area contributed by atoms with Crippen LogP contribution in [0.15, 0.2) is 23.3 Å². The van der Waals surface area contributed by atoms with Crippen molar-refractivity contribution >= 4 is 5.78 Å². The minimum Gasteiger partial charge on any atom is -0.392 e. The molecule has 2 saturated carbocycles.